The summed E-state index contributed by atoms with van der Waals surface area (Å²) in [5.41, 5.74) is 1.96. The second-order valence-corrected chi connectivity index (χ2v) is 8.63. The van der Waals surface area contributed by atoms with Crippen LogP contribution in [-0.2, 0) is 20.6 Å². The Balaban J connectivity index is 1.93. The Hall–Kier alpha value is -2.54. The lowest BCUT2D eigenvalue weighted by Crippen LogP contribution is -2.26. The first-order valence-corrected chi connectivity index (χ1v) is 11.0. The number of carbonyl (C=O) groups excluding carboxylic acids is 1. The van der Waals surface area contributed by atoms with Gasteiger partial charge in [-0.05, 0) is 23.8 Å². The molecule has 0 spiro atoms. The van der Waals surface area contributed by atoms with E-state index in [-0.39, 0.29) is 23.1 Å². The van der Waals surface area contributed by atoms with Gasteiger partial charge >= 0.3 is 0 Å². The molecule has 0 atom stereocenters. The van der Waals surface area contributed by atoms with Crippen LogP contribution in [0.4, 0.5) is 5.69 Å². The predicted molar refractivity (Wildman–Crippen MR) is 110 cm³/mol. The van der Waals surface area contributed by atoms with Gasteiger partial charge in [-0.3, -0.25) is 4.79 Å². The second-order valence-electron chi connectivity index (χ2n) is 5.76. The number of amides is 1. The topological polar surface area (TPSA) is 108 Å². The molecule has 0 radical (unpaired) electrons. The highest BCUT2D eigenvalue weighted by Gasteiger charge is 2.16. The van der Waals surface area contributed by atoms with Gasteiger partial charge in [-0.15, -0.1) is 0 Å². The van der Waals surface area contributed by atoms with Crippen molar-refractivity contribution in [2.24, 2.45) is 0 Å². The number of rotatable bonds is 9. The Labute approximate surface area is 169 Å². The maximum Gasteiger partial charge on any atom is 0.240 e. The van der Waals surface area contributed by atoms with E-state index < -0.39 is 10.0 Å². The van der Waals surface area contributed by atoms with Crippen molar-refractivity contribution < 1.29 is 17.9 Å². The zero-order valence-corrected chi connectivity index (χ0v) is 17.2. The first-order valence-electron chi connectivity index (χ1n) is 8.38. The second kappa shape index (κ2) is 10.1. The van der Waals surface area contributed by atoms with Gasteiger partial charge in [-0.1, -0.05) is 18.2 Å². The molecule has 2 rings (SSSR count). The third-order valence-corrected chi connectivity index (χ3v) is 6.19. The molecule has 1 amide bonds. The molecule has 2 N–H and O–H groups in total. The molecular formula is C19H21N3O4S2. The highest BCUT2D eigenvalue weighted by molar-refractivity contribution is 7.98. The number of nitriles is 1. The van der Waals surface area contributed by atoms with Gasteiger partial charge in [-0.2, -0.15) is 17.0 Å². The van der Waals surface area contributed by atoms with E-state index in [1.165, 1.54) is 44.0 Å². The third kappa shape index (κ3) is 5.99. The van der Waals surface area contributed by atoms with Crippen LogP contribution < -0.4 is 14.8 Å². The first kappa shape index (κ1) is 21.8. The minimum Gasteiger partial charge on any atom is -0.495 e. The smallest absolute Gasteiger partial charge is 0.240 e. The quantitative estimate of drug-likeness (QED) is 0.605. The van der Waals surface area contributed by atoms with Crippen molar-refractivity contribution in [1.29, 1.82) is 5.26 Å². The summed E-state index contributed by atoms with van der Waals surface area (Å²) in [6, 6.07) is 13.7. The number of anilines is 1. The van der Waals surface area contributed by atoms with Crippen LogP contribution in [0.5, 0.6) is 5.75 Å². The van der Waals surface area contributed by atoms with E-state index in [1.807, 2.05) is 18.2 Å². The maximum atomic E-state index is 12.5. The highest BCUT2D eigenvalue weighted by atomic mass is 32.2. The molecular weight excluding hydrogens is 398 g/mol. The summed E-state index contributed by atoms with van der Waals surface area (Å²) in [4.78, 5) is 11.2. The molecule has 2 aromatic carbocycles. The zero-order valence-electron chi connectivity index (χ0n) is 15.6. The number of sulfonamides is 1. The number of benzene rings is 2. The van der Waals surface area contributed by atoms with Crippen molar-refractivity contribution in [3.8, 4) is 11.8 Å². The van der Waals surface area contributed by atoms with Crippen LogP contribution in [0.15, 0.2) is 47.4 Å². The van der Waals surface area contributed by atoms with Crippen LogP contribution in [-0.4, -0.2) is 33.7 Å². The Morgan fingerprint density at radius 1 is 1.25 bits per heavy atom. The van der Waals surface area contributed by atoms with Crippen LogP contribution in [0, 0.1) is 11.3 Å². The normalized spacial score (nSPS) is 10.9. The molecule has 0 aliphatic rings. The fourth-order valence-electron chi connectivity index (χ4n) is 2.40. The maximum absolute atomic E-state index is 12.5. The van der Waals surface area contributed by atoms with Gasteiger partial charge in [0.15, 0.2) is 0 Å². The number of hydrogen-bond acceptors (Lipinski definition) is 6. The van der Waals surface area contributed by atoms with Crippen LogP contribution in [0.2, 0.25) is 0 Å². The summed E-state index contributed by atoms with van der Waals surface area (Å²) in [5, 5.41) is 11.7. The molecule has 28 heavy (non-hydrogen) atoms. The largest absolute Gasteiger partial charge is 0.495 e. The van der Waals surface area contributed by atoms with Gasteiger partial charge in [-0.25, -0.2) is 13.1 Å². The number of methoxy groups -OCH3 is 1. The van der Waals surface area contributed by atoms with Crippen molar-refractivity contribution in [2.75, 3.05) is 24.7 Å². The van der Waals surface area contributed by atoms with Crippen molar-refractivity contribution in [3.63, 3.8) is 0 Å². The molecule has 148 valence electrons. The molecule has 0 aliphatic heterocycles. The van der Waals surface area contributed by atoms with E-state index in [0.29, 0.717) is 22.8 Å². The van der Waals surface area contributed by atoms with Gasteiger partial charge in [0.2, 0.25) is 15.9 Å². The highest BCUT2D eigenvalue weighted by Crippen LogP contribution is 2.27. The van der Waals surface area contributed by atoms with E-state index in [2.05, 4.69) is 16.1 Å². The fraction of sp³-hybridized carbons (Fsp3) is 0.263. The standard InChI is InChI=1S/C19H21N3O4S2/c1-14(23)22-18-8-7-17(11-19(18)26-2)28(24,25)21-9-10-27-13-16-6-4-3-5-15(16)12-20/h3-8,11,21H,9-10,13H2,1-2H3,(H,22,23). The number of ether oxygens (including phenoxy) is 1. The van der Waals surface area contributed by atoms with Crippen molar-refractivity contribution in [1.82, 2.24) is 4.72 Å². The zero-order chi connectivity index (χ0) is 20.6. The lowest BCUT2D eigenvalue weighted by atomic mass is 10.1. The van der Waals surface area contributed by atoms with E-state index in [4.69, 9.17) is 10.00 Å². The lowest BCUT2D eigenvalue weighted by Gasteiger charge is -2.12. The van der Waals surface area contributed by atoms with E-state index in [1.54, 1.807) is 6.07 Å². The Morgan fingerprint density at radius 2 is 2.00 bits per heavy atom. The number of carbonyl (C=O) groups is 1. The molecule has 0 bridgehead atoms. The SMILES string of the molecule is COc1cc(S(=O)(=O)NCCSCc2ccccc2C#N)ccc1NC(C)=O. The minimum atomic E-state index is -3.70. The van der Waals surface area contributed by atoms with Crippen molar-refractivity contribution in [2.45, 2.75) is 17.6 Å². The average molecular weight is 420 g/mol. The summed E-state index contributed by atoms with van der Waals surface area (Å²) in [6.07, 6.45) is 0. The van der Waals surface area contributed by atoms with Gasteiger partial charge in [0, 0.05) is 31.0 Å². The van der Waals surface area contributed by atoms with Crippen LogP contribution >= 0.6 is 11.8 Å². The number of thioether (sulfide) groups is 1. The molecule has 0 heterocycles. The van der Waals surface area contributed by atoms with E-state index in [9.17, 15) is 13.2 Å². The van der Waals surface area contributed by atoms with Gasteiger partial charge in [0.25, 0.3) is 0 Å². The van der Waals surface area contributed by atoms with Gasteiger partial charge in [0.1, 0.15) is 5.75 Å². The number of nitrogens with one attached hydrogen (secondary N) is 2. The molecule has 0 aromatic heterocycles. The molecule has 2 aromatic rings. The third-order valence-electron chi connectivity index (χ3n) is 3.73. The van der Waals surface area contributed by atoms with Crippen LogP contribution in [0.25, 0.3) is 0 Å². The Bertz CT molecular complexity index is 985. The van der Waals surface area contributed by atoms with Crippen LogP contribution in [0.1, 0.15) is 18.1 Å². The molecule has 7 nitrogen and oxygen atoms in total. The van der Waals surface area contributed by atoms with Gasteiger partial charge in [0.05, 0.1) is 29.3 Å². The van der Waals surface area contributed by atoms with Crippen molar-refractivity contribution >= 4 is 33.4 Å². The number of hydrogen-bond donors (Lipinski definition) is 2. The Kier molecular flexibility index (Phi) is 7.87. The number of nitrogens with zero attached hydrogens (tertiary/aromatic N) is 1. The summed E-state index contributed by atoms with van der Waals surface area (Å²) < 4.78 is 32.6. The molecule has 0 saturated carbocycles. The lowest BCUT2D eigenvalue weighted by molar-refractivity contribution is -0.114. The van der Waals surface area contributed by atoms with Crippen LogP contribution in [0.3, 0.4) is 0 Å². The summed E-state index contributed by atoms with van der Waals surface area (Å²) in [7, 11) is -2.30. The monoisotopic (exact) mass is 419 g/mol. The summed E-state index contributed by atoms with van der Waals surface area (Å²) >= 11 is 1.54. The van der Waals surface area contributed by atoms with Crippen molar-refractivity contribution in [3.05, 3.63) is 53.6 Å². The first-order chi connectivity index (χ1) is 13.4. The summed E-state index contributed by atoms with van der Waals surface area (Å²) in [6.45, 7) is 1.61. The average Bonchev–Trinajstić information content (AvgIpc) is 2.67. The molecule has 9 heteroatoms. The molecule has 0 aliphatic carbocycles. The predicted octanol–water partition coefficient (Wildman–Crippen LogP) is 2.74. The van der Waals surface area contributed by atoms with E-state index >= 15 is 0 Å². The van der Waals surface area contributed by atoms with Gasteiger partial charge < -0.3 is 10.1 Å². The van der Waals surface area contributed by atoms with E-state index in [0.717, 1.165) is 5.56 Å². The summed E-state index contributed by atoms with van der Waals surface area (Å²) in [5.74, 6) is 1.17. The molecule has 0 unspecified atom stereocenters. The minimum absolute atomic E-state index is 0.0540. The molecule has 0 fully saturated rings. The molecule has 0 saturated heterocycles. The fourth-order valence-corrected chi connectivity index (χ4v) is 4.44. The Morgan fingerprint density at radius 3 is 2.68 bits per heavy atom.